The fourth-order valence-corrected chi connectivity index (χ4v) is 1.95. The summed E-state index contributed by atoms with van der Waals surface area (Å²) in [5, 5.41) is 0. The molecule has 3 heterocycles. The molecular formula is C11H13N3O2. The number of hydrogen-bond acceptors (Lipinski definition) is 4. The summed E-state index contributed by atoms with van der Waals surface area (Å²) in [6.07, 6.45) is 1.02. The van der Waals surface area contributed by atoms with Crippen LogP contribution in [0.1, 0.15) is 18.2 Å². The minimum atomic E-state index is 0.375. The predicted molar refractivity (Wildman–Crippen MR) is 58.6 cm³/mol. The second-order valence-electron chi connectivity index (χ2n) is 3.91. The number of nitrogens with zero attached hydrogens (tertiary/aromatic N) is 2. The monoisotopic (exact) mass is 219 g/mol. The number of aromatic nitrogens is 3. The van der Waals surface area contributed by atoms with Gasteiger partial charge in [-0.15, -0.1) is 0 Å². The van der Waals surface area contributed by atoms with Crippen molar-refractivity contribution in [2.24, 2.45) is 0 Å². The highest BCUT2D eigenvalue weighted by molar-refractivity contribution is 5.71. The quantitative estimate of drug-likeness (QED) is 0.830. The van der Waals surface area contributed by atoms with Crippen LogP contribution in [-0.2, 0) is 4.74 Å². The Morgan fingerprint density at radius 2 is 2.38 bits per heavy atom. The summed E-state index contributed by atoms with van der Waals surface area (Å²) < 4.78 is 10.4. The average molecular weight is 219 g/mol. The van der Waals surface area contributed by atoms with Crippen LogP contribution in [0, 0.1) is 0 Å². The van der Waals surface area contributed by atoms with Gasteiger partial charge in [0, 0.05) is 18.6 Å². The van der Waals surface area contributed by atoms with Gasteiger partial charge in [0.25, 0.3) is 0 Å². The van der Waals surface area contributed by atoms with Crippen LogP contribution in [-0.4, -0.2) is 35.3 Å². The molecule has 5 heteroatoms. The summed E-state index contributed by atoms with van der Waals surface area (Å²) in [7, 11) is 1.60. The first-order chi connectivity index (χ1) is 7.86. The largest absolute Gasteiger partial charge is 0.481 e. The molecule has 1 saturated heterocycles. The molecule has 1 atom stereocenters. The molecule has 2 aromatic heterocycles. The first-order valence-electron chi connectivity index (χ1n) is 5.35. The Bertz CT molecular complexity index is 503. The summed E-state index contributed by atoms with van der Waals surface area (Å²) in [6, 6.07) is 3.77. The van der Waals surface area contributed by atoms with Crippen LogP contribution >= 0.6 is 0 Å². The number of nitrogens with one attached hydrogen (secondary N) is 1. The third-order valence-corrected chi connectivity index (χ3v) is 2.86. The molecule has 0 radical (unpaired) electrons. The van der Waals surface area contributed by atoms with Crippen molar-refractivity contribution in [2.45, 2.75) is 12.3 Å². The smallest absolute Gasteiger partial charge is 0.215 e. The second kappa shape index (κ2) is 3.75. The number of H-pyrrole nitrogens is 1. The van der Waals surface area contributed by atoms with Gasteiger partial charge in [0.1, 0.15) is 5.82 Å². The minimum absolute atomic E-state index is 0.375. The summed E-state index contributed by atoms with van der Waals surface area (Å²) in [4.78, 5) is 12.0. The highest BCUT2D eigenvalue weighted by atomic mass is 16.5. The van der Waals surface area contributed by atoms with Crippen molar-refractivity contribution in [2.75, 3.05) is 20.3 Å². The first kappa shape index (κ1) is 9.59. The molecule has 1 fully saturated rings. The van der Waals surface area contributed by atoms with Crippen molar-refractivity contribution in [3.63, 3.8) is 0 Å². The van der Waals surface area contributed by atoms with Crippen LogP contribution in [0.4, 0.5) is 0 Å². The highest BCUT2D eigenvalue weighted by Crippen LogP contribution is 2.25. The maximum atomic E-state index is 5.35. The average Bonchev–Trinajstić information content (AvgIpc) is 2.96. The molecule has 5 nitrogen and oxygen atoms in total. The van der Waals surface area contributed by atoms with Crippen molar-refractivity contribution in [3.8, 4) is 5.88 Å². The molecule has 1 aliphatic heterocycles. The molecule has 3 rings (SSSR count). The summed E-state index contributed by atoms with van der Waals surface area (Å²) in [6.45, 7) is 1.56. The first-order valence-corrected chi connectivity index (χ1v) is 5.35. The molecule has 2 aromatic rings. The molecule has 84 valence electrons. The molecule has 0 bridgehead atoms. The van der Waals surface area contributed by atoms with E-state index in [0.717, 1.165) is 31.0 Å². The number of rotatable bonds is 2. The van der Waals surface area contributed by atoms with Gasteiger partial charge >= 0.3 is 0 Å². The zero-order chi connectivity index (χ0) is 11.0. The van der Waals surface area contributed by atoms with Crippen molar-refractivity contribution >= 4 is 11.2 Å². The SMILES string of the molecule is COc1ccc2[nH]c(C3CCOC3)nc2n1. The van der Waals surface area contributed by atoms with Gasteiger partial charge in [-0.3, -0.25) is 0 Å². The number of fused-ring (bicyclic) bond motifs is 1. The van der Waals surface area contributed by atoms with Gasteiger partial charge in [-0.2, -0.15) is 4.98 Å². The van der Waals surface area contributed by atoms with E-state index in [2.05, 4.69) is 15.0 Å². The lowest BCUT2D eigenvalue weighted by Crippen LogP contribution is -1.99. The fourth-order valence-electron chi connectivity index (χ4n) is 1.95. The second-order valence-corrected chi connectivity index (χ2v) is 3.91. The third-order valence-electron chi connectivity index (χ3n) is 2.86. The van der Waals surface area contributed by atoms with E-state index in [1.807, 2.05) is 12.1 Å². The Morgan fingerprint density at radius 3 is 3.12 bits per heavy atom. The number of pyridine rings is 1. The normalized spacial score (nSPS) is 20.4. The van der Waals surface area contributed by atoms with Crippen LogP contribution in [0.5, 0.6) is 5.88 Å². The molecule has 0 spiro atoms. The van der Waals surface area contributed by atoms with Crippen LogP contribution in [0.3, 0.4) is 0 Å². The van der Waals surface area contributed by atoms with E-state index in [4.69, 9.17) is 9.47 Å². The molecule has 0 aromatic carbocycles. The van der Waals surface area contributed by atoms with Gasteiger partial charge in [0.15, 0.2) is 5.65 Å². The summed E-state index contributed by atoms with van der Waals surface area (Å²) in [5.41, 5.74) is 1.66. The number of ether oxygens (including phenoxy) is 2. The van der Waals surface area contributed by atoms with Crippen LogP contribution in [0.15, 0.2) is 12.1 Å². The molecule has 0 aliphatic carbocycles. The van der Waals surface area contributed by atoms with Crippen LogP contribution in [0.25, 0.3) is 11.2 Å². The molecule has 1 N–H and O–H groups in total. The van der Waals surface area contributed by atoms with Gasteiger partial charge < -0.3 is 14.5 Å². The molecule has 1 aliphatic rings. The van der Waals surface area contributed by atoms with Gasteiger partial charge in [-0.05, 0) is 12.5 Å². The Balaban J connectivity index is 2.01. The van der Waals surface area contributed by atoms with E-state index in [9.17, 15) is 0 Å². The number of hydrogen-bond donors (Lipinski definition) is 1. The Kier molecular flexibility index (Phi) is 2.25. The van der Waals surface area contributed by atoms with Crippen molar-refractivity contribution < 1.29 is 9.47 Å². The zero-order valence-electron chi connectivity index (χ0n) is 9.06. The lowest BCUT2D eigenvalue weighted by Gasteiger charge is -2.00. The number of methoxy groups -OCH3 is 1. The molecule has 16 heavy (non-hydrogen) atoms. The van der Waals surface area contributed by atoms with Crippen LogP contribution in [0.2, 0.25) is 0 Å². The Labute approximate surface area is 92.8 Å². The maximum Gasteiger partial charge on any atom is 0.215 e. The van der Waals surface area contributed by atoms with Crippen molar-refractivity contribution in [3.05, 3.63) is 18.0 Å². The maximum absolute atomic E-state index is 5.35. The standard InChI is InChI=1S/C11H13N3O2/c1-15-9-3-2-8-11(13-9)14-10(12-8)7-4-5-16-6-7/h2-3,7H,4-6H2,1H3,(H,12,13,14). The topological polar surface area (TPSA) is 60.0 Å². The van der Waals surface area contributed by atoms with Crippen molar-refractivity contribution in [1.82, 2.24) is 15.0 Å². The van der Waals surface area contributed by atoms with E-state index in [1.165, 1.54) is 0 Å². The van der Waals surface area contributed by atoms with Gasteiger partial charge in [-0.1, -0.05) is 0 Å². The van der Waals surface area contributed by atoms with Crippen LogP contribution < -0.4 is 4.74 Å². The van der Waals surface area contributed by atoms with Gasteiger partial charge in [0.2, 0.25) is 5.88 Å². The van der Waals surface area contributed by atoms with E-state index in [0.29, 0.717) is 17.4 Å². The number of imidazole rings is 1. The Hall–Kier alpha value is -1.62. The van der Waals surface area contributed by atoms with Gasteiger partial charge in [0.05, 0.1) is 19.2 Å². The zero-order valence-corrected chi connectivity index (χ0v) is 9.06. The van der Waals surface area contributed by atoms with Gasteiger partial charge in [-0.25, -0.2) is 4.98 Å². The highest BCUT2D eigenvalue weighted by Gasteiger charge is 2.21. The third kappa shape index (κ3) is 1.53. The molecular weight excluding hydrogens is 206 g/mol. The van der Waals surface area contributed by atoms with Crippen molar-refractivity contribution in [1.29, 1.82) is 0 Å². The lowest BCUT2D eigenvalue weighted by molar-refractivity contribution is 0.193. The van der Waals surface area contributed by atoms with E-state index >= 15 is 0 Å². The Morgan fingerprint density at radius 1 is 1.44 bits per heavy atom. The molecule has 0 amide bonds. The van der Waals surface area contributed by atoms with E-state index in [-0.39, 0.29) is 0 Å². The summed E-state index contributed by atoms with van der Waals surface area (Å²) >= 11 is 0. The molecule has 0 saturated carbocycles. The summed E-state index contributed by atoms with van der Waals surface area (Å²) in [5.74, 6) is 1.93. The fraction of sp³-hybridized carbons (Fsp3) is 0.455. The minimum Gasteiger partial charge on any atom is -0.481 e. The predicted octanol–water partition coefficient (Wildman–Crippen LogP) is 1.47. The lowest BCUT2D eigenvalue weighted by atomic mass is 10.1. The van der Waals surface area contributed by atoms with E-state index < -0.39 is 0 Å². The molecule has 1 unspecified atom stereocenters. The number of aromatic amines is 1. The van der Waals surface area contributed by atoms with E-state index in [1.54, 1.807) is 7.11 Å².